The highest BCUT2D eigenvalue weighted by atomic mass is 32.1. The second kappa shape index (κ2) is 19.3. The fraction of sp³-hybridized carbons (Fsp3) is 0.500. The molecule has 1 aliphatic heterocycles. The Bertz CT molecular complexity index is 1590. The van der Waals surface area contributed by atoms with Gasteiger partial charge in [-0.2, -0.15) is 0 Å². The predicted octanol–water partition coefficient (Wildman–Crippen LogP) is 5.11. The number of thiazole rings is 1. The minimum absolute atomic E-state index is 0.122. The van der Waals surface area contributed by atoms with E-state index < -0.39 is 17.5 Å². The number of carbonyl (C=O) groups is 4. The first-order valence-corrected chi connectivity index (χ1v) is 18.3. The Kier molecular flexibility index (Phi) is 15.0. The van der Waals surface area contributed by atoms with Gasteiger partial charge in [-0.3, -0.25) is 19.2 Å². The minimum Gasteiger partial charge on any atom is -0.494 e. The predicted molar refractivity (Wildman–Crippen MR) is 197 cm³/mol. The number of aryl methyl sites for hydroxylation is 1. The Labute approximate surface area is 304 Å². The highest BCUT2D eigenvalue weighted by Crippen LogP contribution is 2.28. The van der Waals surface area contributed by atoms with Gasteiger partial charge in [0.2, 0.25) is 23.6 Å². The van der Waals surface area contributed by atoms with Crippen molar-refractivity contribution in [3.8, 4) is 16.2 Å². The SMILES string of the molecule is CC(=O)Nc1ccc(OCCCOCCCOCC(=O)NC(C(=O)N2CCCC2C(=O)NCc2ccc(-c3scnc3C)cc2)C(C)(C)C)cc1. The number of nitrogens with one attached hydrogen (secondary N) is 3. The van der Waals surface area contributed by atoms with E-state index in [2.05, 4.69) is 20.9 Å². The molecule has 3 N–H and O–H groups in total. The molecule has 0 aliphatic carbocycles. The summed E-state index contributed by atoms with van der Waals surface area (Å²) < 4.78 is 16.9. The fourth-order valence-corrected chi connectivity index (χ4v) is 6.51. The largest absolute Gasteiger partial charge is 0.494 e. The van der Waals surface area contributed by atoms with Crippen LogP contribution in [0.3, 0.4) is 0 Å². The molecule has 12 nitrogen and oxygen atoms in total. The summed E-state index contributed by atoms with van der Waals surface area (Å²) in [5.41, 5.74) is 5.01. The highest BCUT2D eigenvalue weighted by Gasteiger charge is 2.41. The zero-order valence-electron chi connectivity index (χ0n) is 30.3. The molecular weight excluding hydrogens is 671 g/mol. The first-order valence-electron chi connectivity index (χ1n) is 17.5. The van der Waals surface area contributed by atoms with Crippen LogP contribution < -0.4 is 20.7 Å². The molecule has 276 valence electrons. The zero-order chi connectivity index (χ0) is 36.8. The van der Waals surface area contributed by atoms with Crippen LogP contribution in [0.4, 0.5) is 5.69 Å². The second-order valence-corrected chi connectivity index (χ2v) is 14.5. The smallest absolute Gasteiger partial charge is 0.246 e. The lowest BCUT2D eigenvalue weighted by Gasteiger charge is -2.35. The first kappa shape index (κ1) is 39.5. The van der Waals surface area contributed by atoms with Crippen molar-refractivity contribution in [2.45, 2.75) is 78.9 Å². The summed E-state index contributed by atoms with van der Waals surface area (Å²) in [6.45, 7) is 11.6. The van der Waals surface area contributed by atoms with Gasteiger partial charge in [0.05, 0.1) is 22.7 Å². The summed E-state index contributed by atoms with van der Waals surface area (Å²) in [6.07, 6.45) is 2.60. The van der Waals surface area contributed by atoms with Gasteiger partial charge in [-0.25, -0.2) is 4.98 Å². The quantitative estimate of drug-likeness (QED) is 0.154. The molecule has 0 saturated carbocycles. The Morgan fingerprint density at radius 1 is 0.961 bits per heavy atom. The summed E-state index contributed by atoms with van der Waals surface area (Å²) in [7, 11) is 0. The molecule has 4 rings (SSSR count). The van der Waals surface area contributed by atoms with Crippen LogP contribution in [0.25, 0.3) is 10.4 Å². The molecule has 2 aromatic carbocycles. The van der Waals surface area contributed by atoms with E-state index in [1.807, 2.05) is 57.5 Å². The maximum absolute atomic E-state index is 13.8. The summed E-state index contributed by atoms with van der Waals surface area (Å²) >= 11 is 1.60. The molecule has 1 saturated heterocycles. The van der Waals surface area contributed by atoms with Gasteiger partial charge in [-0.15, -0.1) is 11.3 Å². The maximum atomic E-state index is 13.8. The molecule has 51 heavy (non-hydrogen) atoms. The van der Waals surface area contributed by atoms with Crippen molar-refractivity contribution >= 4 is 40.7 Å². The number of rotatable bonds is 18. The van der Waals surface area contributed by atoms with E-state index in [1.54, 1.807) is 40.5 Å². The monoisotopic (exact) mass is 721 g/mol. The topological polar surface area (TPSA) is 148 Å². The van der Waals surface area contributed by atoms with Crippen LogP contribution in [0.15, 0.2) is 54.0 Å². The Balaban J connectivity index is 1.13. The lowest BCUT2D eigenvalue weighted by molar-refractivity contribution is -0.144. The third kappa shape index (κ3) is 12.4. The maximum Gasteiger partial charge on any atom is 0.246 e. The Morgan fingerprint density at radius 3 is 2.29 bits per heavy atom. The van der Waals surface area contributed by atoms with Crippen molar-refractivity contribution in [2.75, 3.05) is 44.9 Å². The third-order valence-electron chi connectivity index (χ3n) is 8.37. The van der Waals surface area contributed by atoms with E-state index >= 15 is 0 Å². The Morgan fingerprint density at radius 2 is 1.65 bits per heavy atom. The molecule has 2 unspecified atom stereocenters. The number of amides is 4. The van der Waals surface area contributed by atoms with E-state index in [-0.39, 0.29) is 30.2 Å². The molecule has 1 fully saturated rings. The van der Waals surface area contributed by atoms with Gasteiger partial charge in [0, 0.05) is 51.9 Å². The number of hydrogen-bond donors (Lipinski definition) is 3. The van der Waals surface area contributed by atoms with Gasteiger partial charge in [0.1, 0.15) is 24.4 Å². The zero-order valence-corrected chi connectivity index (χ0v) is 31.1. The van der Waals surface area contributed by atoms with Gasteiger partial charge < -0.3 is 35.1 Å². The van der Waals surface area contributed by atoms with Gasteiger partial charge in [0.15, 0.2) is 0 Å². The third-order valence-corrected chi connectivity index (χ3v) is 9.35. The van der Waals surface area contributed by atoms with Crippen molar-refractivity contribution in [3.05, 3.63) is 65.3 Å². The molecule has 3 aromatic rings. The number of ether oxygens (including phenoxy) is 3. The molecular formula is C38H51N5O7S. The van der Waals surface area contributed by atoms with Crippen molar-refractivity contribution < 1.29 is 33.4 Å². The van der Waals surface area contributed by atoms with Gasteiger partial charge >= 0.3 is 0 Å². The van der Waals surface area contributed by atoms with Gasteiger partial charge in [0.25, 0.3) is 0 Å². The number of benzene rings is 2. The molecule has 2 atom stereocenters. The normalized spacial score (nSPS) is 14.9. The first-order chi connectivity index (χ1) is 24.4. The van der Waals surface area contributed by atoms with E-state index in [9.17, 15) is 19.2 Å². The van der Waals surface area contributed by atoms with Crippen LogP contribution in [0.1, 0.15) is 64.6 Å². The van der Waals surface area contributed by atoms with Gasteiger partial charge in [-0.05, 0) is 67.0 Å². The number of nitrogens with zero attached hydrogens (tertiary/aromatic N) is 2. The molecule has 2 heterocycles. The molecule has 0 spiro atoms. The van der Waals surface area contributed by atoms with Gasteiger partial charge in [-0.1, -0.05) is 45.0 Å². The van der Waals surface area contributed by atoms with Crippen molar-refractivity contribution in [2.24, 2.45) is 5.41 Å². The van der Waals surface area contributed by atoms with E-state index in [0.717, 1.165) is 27.4 Å². The van der Waals surface area contributed by atoms with Crippen molar-refractivity contribution in [3.63, 3.8) is 0 Å². The standard InChI is InChI=1S/C38H51N5O7S/c1-26-34(51-25-40-26)29-12-10-28(11-13-29)23-39-36(46)32-9-6-18-43(32)37(47)35(38(3,4)5)42-33(45)24-49-21-7-19-48-20-8-22-50-31-16-14-30(15-17-31)41-27(2)44/h10-17,25,32,35H,6-9,18-24H2,1-5H3,(H,39,46)(H,41,44)(H,42,45). The summed E-state index contributed by atoms with van der Waals surface area (Å²) in [5, 5.41) is 8.59. The van der Waals surface area contributed by atoms with Crippen molar-refractivity contribution in [1.29, 1.82) is 0 Å². The highest BCUT2D eigenvalue weighted by molar-refractivity contribution is 7.13. The van der Waals surface area contributed by atoms with Crippen LogP contribution >= 0.6 is 11.3 Å². The number of aromatic nitrogens is 1. The molecule has 0 radical (unpaired) electrons. The van der Waals surface area contributed by atoms with Crippen LogP contribution in [-0.4, -0.2) is 85.2 Å². The Hall–Kier alpha value is -4.33. The van der Waals surface area contributed by atoms with E-state index in [0.29, 0.717) is 70.9 Å². The van der Waals surface area contributed by atoms with E-state index in [4.69, 9.17) is 14.2 Å². The van der Waals surface area contributed by atoms with Crippen LogP contribution in [0, 0.1) is 12.3 Å². The van der Waals surface area contributed by atoms with E-state index in [1.165, 1.54) is 6.92 Å². The number of carbonyl (C=O) groups excluding carboxylic acids is 4. The second-order valence-electron chi connectivity index (χ2n) is 13.7. The molecule has 1 aliphatic rings. The molecule has 0 bridgehead atoms. The minimum atomic E-state index is -0.814. The van der Waals surface area contributed by atoms with Crippen LogP contribution in [0.2, 0.25) is 0 Å². The average Bonchev–Trinajstić information content (AvgIpc) is 3.76. The fourth-order valence-electron chi connectivity index (χ4n) is 5.70. The number of anilines is 1. The van der Waals surface area contributed by atoms with Crippen molar-refractivity contribution in [1.82, 2.24) is 20.5 Å². The summed E-state index contributed by atoms with van der Waals surface area (Å²) in [4.78, 5) is 58.1. The number of hydrogen-bond acceptors (Lipinski definition) is 9. The van der Waals surface area contributed by atoms with Crippen LogP contribution in [0.5, 0.6) is 5.75 Å². The summed E-state index contributed by atoms with van der Waals surface area (Å²) in [6, 6.07) is 13.8. The summed E-state index contributed by atoms with van der Waals surface area (Å²) in [5.74, 6) is -0.258. The number of likely N-dealkylation sites (tertiary alicyclic amines) is 1. The molecule has 13 heteroatoms. The average molecular weight is 722 g/mol. The van der Waals surface area contributed by atoms with Crippen LogP contribution in [-0.2, 0) is 35.2 Å². The molecule has 1 aromatic heterocycles. The lowest BCUT2D eigenvalue weighted by atomic mass is 9.85. The lowest BCUT2D eigenvalue weighted by Crippen LogP contribution is -2.58. The molecule has 4 amide bonds.